The number of hydrogen-bond donors (Lipinski definition) is 3. The molecule has 1 aromatic rings. The van der Waals surface area contributed by atoms with Gasteiger partial charge >= 0.3 is 5.97 Å². The molecule has 0 saturated carbocycles. The number of carbonyl (C=O) groups excluding carboxylic acids is 1. The summed E-state index contributed by atoms with van der Waals surface area (Å²) in [5, 5.41) is 8.71. The molecule has 0 aromatic heterocycles. The monoisotopic (exact) mass is 245 g/mol. The fraction of sp³-hybridized carbons (Fsp3) is 0. The van der Waals surface area contributed by atoms with Crippen LogP contribution in [0.2, 0.25) is 0 Å². The SMILES string of the molecule is NC(=O)c1cccc(C(=O)O)c1S(=O)(=O)O. The molecule has 0 bridgehead atoms. The zero-order valence-electron chi connectivity index (χ0n) is 7.75. The van der Waals surface area contributed by atoms with E-state index in [1.165, 1.54) is 0 Å². The molecule has 0 aliphatic carbocycles. The van der Waals surface area contributed by atoms with Crippen molar-refractivity contribution in [2.24, 2.45) is 5.73 Å². The van der Waals surface area contributed by atoms with Crippen molar-refractivity contribution in [3.8, 4) is 0 Å². The lowest BCUT2D eigenvalue weighted by atomic mass is 10.1. The van der Waals surface area contributed by atoms with Gasteiger partial charge in [0, 0.05) is 0 Å². The van der Waals surface area contributed by atoms with Crippen molar-refractivity contribution in [2.45, 2.75) is 4.90 Å². The van der Waals surface area contributed by atoms with E-state index in [4.69, 9.17) is 15.4 Å². The minimum absolute atomic E-state index is 0.567. The number of amides is 1. The fourth-order valence-corrected chi connectivity index (χ4v) is 2.06. The van der Waals surface area contributed by atoms with E-state index in [0.29, 0.717) is 0 Å². The summed E-state index contributed by atoms with van der Waals surface area (Å²) in [6.07, 6.45) is 0. The van der Waals surface area contributed by atoms with Crippen molar-refractivity contribution in [1.82, 2.24) is 0 Å². The van der Waals surface area contributed by atoms with Crippen LogP contribution in [0.25, 0.3) is 0 Å². The van der Waals surface area contributed by atoms with Gasteiger partial charge in [0.2, 0.25) is 5.91 Å². The summed E-state index contributed by atoms with van der Waals surface area (Å²) >= 11 is 0. The van der Waals surface area contributed by atoms with Gasteiger partial charge in [0.25, 0.3) is 10.1 Å². The number of nitrogens with two attached hydrogens (primary N) is 1. The summed E-state index contributed by atoms with van der Waals surface area (Å²) in [4.78, 5) is 20.6. The standard InChI is InChI=1S/C8H7NO6S/c9-7(10)4-2-1-3-5(8(11)12)6(4)16(13,14)15/h1-3H,(H2,9,10)(H,11,12)(H,13,14,15). The van der Waals surface area contributed by atoms with Gasteiger partial charge in [-0.1, -0.05) is 6.07 Å². The second-order valence-corrected chi connectivity index (χ2v) is 4.19. The zero-order chi connectivity index (χ0) is 12.5. The summed E-state index contributed by atoms with van der Waals surface area (Å²) in [7, 11) is -4.84. The first-order chi connectivity index (χ1) is 7.25. The van der Waals surface area contributed by atoms with Crippen LogP contribution in [0, 0.1) is 0 Å². The van der Waals surface area contributed by atoms with Gasteiger partial charge in [0.15, 0.2) is 0 Å². The Labute approximate surface area is 90.2 Å². The van der Waals surface area contributed by atoms with Gasteiger partial charge in [0.1, 0.15) is 4.90 Å². The second kappa shape index (κ2) is 3.91. The predicted octanol–water partition coefficient (Wildman–Crippen LogP) is -0.270. The number of carbonyl (C=O) groups is 2. The van der Waals surface area contributed by atoms with E-state index in [1.54, 1.807) is 0 Å². The minimum atomic E-state index is -4.84. The maximum Gasteiger partial charge on any atom is 0.337 e. The van der Waals surface area contributed by atoms with E-state index in [9.17, 15) is 18.0 Å². The van der Waals surface area contributed by atoms with Crippen LogP contribution in [0.3, 0.4) is 0 Å². The lowest BCUT2D eigenvalue weighted by molar-refractivity contribution is 0.0692. The van der Waals surface area contributed by atoms with Gasteiger partial charge < -0.3 is 10.8 Å². The van der Waals surface area contributed by atoms with Crippen molar-refractivity contribution in [3.05, 3.63) is 29.3 Å². The van der Waals surface area contributed by atoms with Gasteiger partial charge in [-0.3, -0.25) is 9.35 Å². The Balaban J connectivity index is 3.75. The fourth-order valence-electron chi connectivity index (χ4n) is 1.18. The van der Waals surface area contributed by atoms with E-state index < -0.39 is 38.0 Å². The molecule has 0 fully saturated rings. The molecular weight excluding hydrogens is 238 g/mol. The van der Waals surface area contributed by atoms with Crippen molar-refractivity contribution < 1.29 is 27.7 Å². The Kier molecular flexibility index (Phi) is 2.97. The summed E-state index contributed by atoms with van der Waals surface area (Å²) in [5.74, 6) is -2.73. The molecular formula is C8H7NO6S. The third-order valence-corrected chi connectivity index (χ3v) is 2.72. The van der Waals surface area contributed by atoms with Gasteiger partial charge in [-0.05, 0) is 12.1 Å². The van der Waals surface area contributed by atoms with Crippen molar-refractivity contribution in [3.63, 3.8) is 0 Å². The summed E-state index contributed by atoms with van der Waals surface area (Å²) < 4.78 is 30.8. The van der Waals surface area contributed by atoms with E-state index in [1.807, 2.05) is 0 Å². The highest BCUT2D eigenvalue weighted by molar-refractivity contribution is 7.86. The van der Waals surface area contributed by atoms with Crippen LogP contribution in [0.5, 0.6) is 0 Å². The normalized spacial score (nSPS) is 11.1. The van der Waals surface area contributed by atoms with Crippen LogP contribution in [-0.2, 0) is 10.1 Å². The molecule has 4 N–H and O–H groups in total. The average molecular weight is 245 g/mol. The molecule has 86 valence electrons. The number of rotatable bonds is 3. The van der Waals surface area contributed by atoms with E-state index in [-0.39, 0.29) is 0 Å². The lowest BCUT2D eigenvalue weighted by Gasteiger charge is -2.06. The van der Waals surface area contributed by atoms with Crippen LogP contribution in [-0.4, -0.2) is 30.0 Å². The Morgan fingerprint density at radius 2 is 1.69 bits per heavy atom. The summed E-state index contributed by atoms with van der Waals surface area (Å²) in [5.41, 5.74) is 3.60. The molecule has 0 atom stereocenters. The first kappa shape index (κ1) is 12.1. The first-order valence-electron chi connectivity index (χ1n) is 3.88. The molecule has 0 saturated heterocycles. The molecule has 0 aliphatic heterocycles. The number of aromatic carboxylic acids is 1. The van der Waals surface area contributed by atoms with Crippen molar-refractivity contribution >= 4 is 22.0 Å². The number of benzene rings is 1. The number of hydrogen-bond acceptors (Lipinski definition) is 4. The van der Waals surface area contributed by atoms with Crippen molar-refractivity contribution in [2.75, 3.05) is 0 Å². The molecule has 16 heavy (non-hydrogen) atoms. The number of carboxylic acid groups (broad SMARTS) is 1. The molecule has 8 heteroatoms. The van der Waals surface area contributed by atoms with Crippen LogP contribution < -0.4 is 5.73 Å². The molecule has 1 aromatic carbocycles. The minimum Gasteiger partial charge on any atom is -0.478 e. The zero-order valence-corrected chi connectivity index (χ0v) is 8.56. The molecule has 0 aliphatic rings. The van der Waals surface area contributed by atoms with Crippen LogP contribution in [0.4, 0.5) is 0 Å². The Morgan fingerprint density at radius 1 is 1.19 bits per heavy atom. The lowest BCUT2D eigenvalue weighted by Crippen LogP contribution is -2.19. The molecule has 0 heterocycles. The molecule has 0 radical (unpaired) electrons. The van der Waals surface area contributed by atoms with Gasteiger partial charge in [-0.25, -0.2) is 4.79 Å². The Morgan fingerprint density at radius 3 is 2.06 bits per heavy atom. The molecule has 1 amide bonds. The number of carboxylic acids is 1. The van der Waals surface area contributed by atoms with Crippen LogP contribution in [0.15, 0.2) is 23.1 Å². The topological polar surface area (TPSA) is 135 Å². The van der Waals surface area contributed by atoms with E-state index in [0.717, 1.165) is 18.2 Å². The smallest absolute Gasteiger partial charge is 0.337 e. The highest BCUT2D eigenvalue weighted by atomic mass is 32.2. The maximum absolute atomic E-state index is 11.0. The van der Waals surface area contributed by atoms with Gasteiger partial charge in [-0.2, -0.15) is 8.42 Å². The second-order valence-electron chi connectivity index (χ2n) is 2.83. The molecule has 0 spiro atoms. The van der Waals surface area contributed by atoms with E-state index in [2.05, 4.69) is 0 Å². The Hall–Kier alpha value is -1.93. The maximum atomic E-state index is 11.0. The molecule has 7 nitrogen and oxygen atoms in total. The van der Waals surface area contributed by atoms with E-state index >= 15 is 0 Å². The average Bonchev–Trinajstić information content (AvgIpc) is 2.15. The quantitative estimate of drug-likeness (QED) is 0.627. The first-order valence-corrected chi connectivity index (χ1v) is 5.32. The largest absolute Gasteiger partial charge is 0.478 e. The van der Waals surface area contributed by atoms with Crippen LogP contribution in [0.1, 0.15) is 20.7 Å². The molecule has 0 unspecified atom stereocenters. The Bertz CT molecular complexity index is 530. The van der Waals surface area contributed by atoms with Gasteiger partial charge in [0.05, 0.1) is 11.1 Å². The van der Waals surface area contributed by atoms with Gasteiger partial charge in [-0.15, -0.1) is 0 Å². The third-order valence-electron chi connectivity index (χ3n) is 1.77. The van der Waals surface area contributed by atoms with Crippen molar-refractivity contribution in [1.29, 1.82) is 0 Å². The van der Waals surface area contributed by atoms with Crippen LogP contribution >= 0.6 is 0 Å². The summed E-state index contributed by atoms with van der Waals surface area (Å²) in [6, 6.07) is 3.11. The number of primary amides is 1. The molecule has 1 rings (SSSR count). The third kappa shape index (κ3) is 2.18. The summed E-state index contributed by atoms with van der Waals surface area (Å²) in [6.45, 7) is 0. The highest BCUT2D eigenvalue weighted by Gasteiger charge is 2.26. The predicted molar refractivity (Wildman–Crippen MR) is 51.7 cm³/mol. The highest BCUT2D eigenvalue weighted by Crippen LogP contribution is 2.20.